The molecule has 3 aromatic heterocycles. The zero-order valence-corrected chi connectivity index (χ0v) is 20.2. The molecule has 2 saturated carbocycles. The highest BCUT2D eigenvalue weighted by Gasteiger charge is 2.40. The molecular formula is C27H32N6O2. The Labute approximate surface area is 205 Å². The van der Waals surface area contributed by atoms with Crippen LogP contribution in [0.3, 0.4) is 0 Å². The van der Waals surface area contributed by atoms with E-state index in [0.717, 1.165) is 65.9 Å². The molecule has 0 aromatic carbocycles. The van der Waals surface area contributed by atoms with Gasteiger partial charge >= 0.3 is 0 Å². The topological polar surface area (TPSA) is 100.0 Å². The first-order valence-electron chi connectivity index (χ1n) is 12.9. The Balaban J connectivity index is 1.45. The molecule has 8 nitrogen and oxygen atoms in total. The van der Waals surface area contributed by atoms with Crippen LogP contribution in [0.15, 0.2) is 30.6 Å². The maximum atomic E-state index is 10.6. The highest BCUT2D eigenvalue weighted by atomic mass is 16.5. The third-order valence-corrected chi connectivity index (χ3v) is 8.08. The van der Waals surface area contributed by atoms with Crippen LogP contribution in [0.1, 0.15) is 57.4 Å². The number of ether oxygens (including phenoxy) is 2. The summed E-state index contributed by atoms with van der Waals surface area (Å²) in [5.74, 6) is 0.888. The van der Waals surface area contributed by atoms with Crippen molar-refractivity contribution in [3.63, 3.8) is 0 Å². The molecular weight excluding hydrogens is 440 g/mol. The summed E-state index contributed by atoms with van der Waals surface area (Å²) in [5.41, 5.74) is 2.88. The van der Waals surface area contributed by atoms with E-state index in [9.17, 15) is 5.26 Å². The van der Waals surface area contributed by atoms with Crippen molar-refractivity contribution >= 4 is 16.7 Å². The minimum absolute atomic E-state index is 0.207. The lowest BCUT2D eigenvalue weighted by Gasteiger charge is -2.39. The quantitative estimate of drug-likeness (QED) is 0.583. The fourth-order valence-electron chi connectivity index (χ4n) is 5.77. The van der Waals surface area contributed by atoms with Crippen molar-refractivity contribution in [2.24, 2.45) is 0 Å². The van der Waals surface area contributed by atoms with E-state index in [1.165, 1.54) is 19.3 Å². The molecule has 2 aliphatic carbocycles. The summed E-state index contributed by atoms with van der Waals surface area (Å²) in [6, 6.07) is 9.05. The Kier molecular flexibility index (Phi) is 5.91. The van der Waals surface area contributed by atoms with Crippen molar-refractivity contribution in [1.82, 2.24) is 20.2 Å². The summed E-state index contributed by atoms with van der Waals surface area (Å²) in [5, 5.41) is 18.8. The molecule has 1 atom stereocenters. The van der Waals surface area contributed by atoms with Crippen LogP contribution in [-0.2, 0) is 14.9 Å². The first-order chi connectivity index (χ1) is 17.2. The molecule has 1 aliphatic heterocycles. The van der Waals surface area contributed by atoms with Crippen molar-refractivity contribution < 1.29 is 9.47 Å². The van der Waals surface area contributed by atoms with Crippen LogP contribution in [0.4, 0.5) is 5.82 Å². The molecule has 4 heterocycles. The fraction of sp³-hybridized carbons (Fsp3) is 0.556. The molecule has 3 aromatic rings. The third kappa shape index (κ3) is 4.07. The largest absolute Gasteiger partial charge is 0.377 e. The van der Waals surface area contributed by atoms with Gasteiger partial charge in [-0.3, -0.25) is 10.1 Å². The molecule has 8 heteroatoms. The number of hydrogen-bond donors (Lipinski definition) is 1. The first kappa shape index (κ1) is 22.4. The van der Waals surface area contributed by atoms with Gasteiger partial charge in [0.15, 0.2) is 0 Å². The number of anilines is 1. The van der Waals surface area contributed by atoms with Gasteiger partial charge in [0.1, 0.15) is 17.0 Å². The summed E-state index contributed by atoms with van der Waals surface area (Å²) in [6.07, 6.45) is 11.3. The molecule has 1 N–H and O–H groups in total. The highest BCUT2D eigenvalue weighted by Crippen LogP contribution is 2.45. The van der Waals surface area contributed by atoms with Crippen LogP contribution < -0.4 is 4.90 Å². The Hall–Kier alpha value is -3.02. The number of aromatic nitrogens is 4. The van der Waals surface area contributed by atoms with E-state index in [2.05, 4.69) is 39.1 Å². The molecule has 0 unspecified atom stereocenters. The van der Waals surface area contributed by atoms with E-state index >= 15 is 0 Å². The Morgan fingerprint density at radius 2 is 2.00 bits per heavy atom. The van der Waals surface area contributed by atoms with Crippen LogP contribution in [0, 0.1) is 11.3 Å². The van der Waals surface area contributed by atoms with Crippen LogP contribution in [0.5, 0.6) is 0 Å². The highest BCUT2D eigenvalue weighted by molar-refractivity contribution is 5.94. The predicted molar refractivity (Wildman–Crippen MR) is 133 cm³/mol. The number of hydrogen-bond acceptors (Lipinski definition) is 7. The molecule has 0 radical (unpaired) electrons. The zero-order chi connectivity index (χ0) is 23.8. The number of rotatable bonds is 5. The Morgan fingerprint density at radius 1 is 1.17 bits per heavy atom. The van der Waals surface area contributed by atoms with Gasteiger partial charge in [0.25, 0.3) is 0 Å². The number of morpholine rings is 1. The van der Waals surface area contributed by atoms with E-state index in [1.807, 2.05) is 18.3 Å². The van der Waals surface area contributed by atoms with Gasteiger partial charge in [0.2, 0.25) is 0 Å². The molecule has 0 bridgehead atoms. The van der Waals surface area contributed by atoms with E-state index in [-0.39, 0.29) is 12.1 Å². The zero-order valence-electron chi connectivity index (χ0n) is 20.2. The summed E-state index contributed by atoms with van der Waals surface area (Å²) >= 11 is 0. The number of nitrogens with zero attached hydrogens (tertiary/aromatic N) is 5. The average Bonchev–Trinajstić information content (AvgIpc) is 3.41. The van der Waals surface area contributed by atoms with E-state index < -0.39 is 5.41 Å². The van der Waals surface area contributed by atoms with E-state index in [0.29, 0.717) is 19.3 Å². The molecule has 1 saturated heterocycles. The summed E-state index contributed by atoms with van der Waals surface area (Å²) < 4.78 is 12.0. The number of nitrogens with one attached hydrogen (secondary N) is 1. The van der Waals surface area contributed by atoms with Gasteiger partial charge in [0, 0.05) is 24.3 Å². The standard InChI is InChI=1S/C27H32N6O2/c1-18-16-34-14-13-33(18)24-15-22(21-7-11-29-26(25(21)31-24)23-8-12-30-32-23)27(17-28)9-5-20(6-10-27)35-19-3-2-4-19/h7-8,11-12,15,18-20H,2-6,9-10,13-14,16H2,1H3,(H,30,32)/t18-,20?,27?/m1/s1. The van der Waals surface area contributed by atoms with Gasteiger partial charge in [-0.1, -0.05) is 0 Å². The smallest absolute Gasteiger partial charge is 0.130 e. The van der Waals surface area contributed by atoms with Crippen molar-refractivity contribution in [2.75, 3.05) is 24.7 Å². The van der Waals surface area contributed by atoms with Gasteiger partial charge in [-0.2, -0.15) is 10.4 Å². The van der Waals surface area contributed by atoms with Crippen LogP contribution in [0.2, 0.25) is 0 Å². The molecule has 3 aliphatic rings. The van der Waals surface area contributed by atoms with Crippen LogP contribution in [-0.4, -0.2) is 58.2 Å². The van der Waals surface area contributed by atoms with Gasteiger partial charge in [-0.05, 0) is 75.6 Å². The van der Waals surface area contributed by atoms with Crippen molar-refractivity contribution in [1.29, 1.82) is 5.26 Å². The lowest BCUT2D eigenvalue weighted by atomic mass is 9.68. The molecule has 182 valence electrons. The summed E-state index contributed by atoms with van der Waals surface area (Å²) in [6.45, 7) is 4.27. The molecule has 35 heavy (non-hydrogen) atoms. The summed E-state index contributed by atoms with van der Waals surface area (Å²) in [7, 11) is 0. The first-order valence-corrected chi connectivity index (χ1v) is 12.9. The molecule has 0 spiro atoms. The lowest BCUT2D eigenvalue weighted by molar-refractivity contribution is -0.0692. The van der Waals surface area contributed by atoms with E-state index in [1.54, 1.807) is 6.20 Å². The van der Waals surface area contributed by atoms with Crippen molar-refractivity contribution in [3.05, 3.63) is 36.2 Å². The number of nitriles is 1. The maximum absolute atomic E-state index is 10.6. The second-order valence-electron chi connectivity index (χ2n) is 10.3. The number of fused-ring (bicyclic) bond motifs is 1. The average molecular weight is 473 g/mol. The van der Waals surface area contributed by atoms with Crippen molar-refractivity contribution in [3.8, 4) is 17.5 Å². The number of H-pyrrole nitrogens is 1. The Bertz CT molecular complexity index is 1220. The summed E-state index contributed by atoms with van der Waals surface area (Å²) in [4.78, 5) is 12.1. The fourth-order valence-corrected chi connectivity index (χ4v) is 5.77. The second kappa shape index (κ2) is 9.21. The number of aromatic amines is 1. The van der Waals surface area contributed by atoms with Gasteiger partial charge in [0.05, 0.1) is 48.6 Å². The van der Waals surface area contributed by atoms with Gasteiger partial charge in [-0.15, -0.1) is 0 Å². The molecule has 3 fully saturated rings. The number of pyridine rings is 2. The second-order valence-corrected chi connectivity index (χ2v) is 10.3. The lowest BCUT2D eigenvalue weighted by Crippen LogP contribution is -2.44. The Morgan fingerprint density at radius 3 is 2.69 bits per heavy atom. The van der Waals surface area contributed by atoms with Crippen LogP contribution in [0.25, 0.3) is 22.3 Å². The van der Waals surface area contributed by atoms with Gasteiger partial charge in [-0.25, -0.2) is 4.98 Å². The minimum Gasteiger partial charge on any atom is -0.377 e. The minimum atomic E-state index is -0.572. The predicted octanol–water partition coefficient (Wildman–Crippen LogP) is 4.52. The van der Waals surface area contributed by atoms with Crippen LogP contribution >= 0.6 is 0 Å². The molecule has 0 amide bonds. The monoisotopic (exact) mass is 472 g/mol. The van der Waals surface area contributed by atoms with Gasteiger partial charge < -0.3 is 14.4 Å². The van der Waals surface area contributed by atoms with Crippen molar-refractivity contribution in [2.45, 2.75) is 75.5 Å². The third-order valence-electron chi connectivity index (χ3n) is 8.08. The normalized spacial score (nSPS) is 27.5. The molecule has 6 rings (SSSR count). The SMILES string of the molecule is C[C@@H]1COCCN1c1cc(C2(C#N)CCC(OC3CCC3)CC2)c2ccnc(-c3ccn[nH]3)c2n1. The van der Waals surface area contributed by atoms with E-state index in [4.69, 9.17) is 14.5 Å². The maximum Gasteiger partial charge on any atom is 0.130 e.